The van der Waals surface area contributed by atoms with Gasteiger partial charge in [-0.05, 0) is 41.8 Å². The fourth-order valence-corrected chi connectivity index (χ4v) is 2.48. The van der Waals surface area contributed by atoms with Crippen molar-refractivity contribution in [2.24, 2.45) is 5.73 Å². The fourth-order valence-electron chi connectivity index (χ4n) is 2.09. The van der Waals surface area contributed by atoms with E-state index in [0.29, 0.717) is 5.56 Å². The summed E-state index contributed by atoms with van der Waals surface area (Å²) in [7, 11) is 0. The Hall–Kier alpha value is -1.40. The Morgan fingerprint density at radius 3 is 2.43 bits per heavy atom. The highest BCUT2D eigenvalue weighted by Gasteiger charge is 2.34. The molecule has 0 spiro atoms. The topological polar surface area (TPSA) is 26.0 Å². The van der Waals surface area contributed by atoms with E-state index >= 15 is 0 Å². The molecule has 2 N–H and O–H groups in total. The number of rotatable bonds is 2. The molecule has 0 saturated heterocycles. The van der Waals surface area contributed by atoms with E-state index in [9.17, 15) is 17.6 Å². The lowest BCUT2D eigenvalue weighted by atomic mass is 9.94. The third-order valence-electron chi connectivity index (χ3n) is 3.30. The first-order valence-electron chi connectivity index (χ1n) is 6.09. The maximum absolute atomic E-state index is 13.3. The van der Waals surface area contributed by atoms with Gasteiger partial charge in [-0.25, -0.2) is 4.39 Å². The predicted octanol–water partition coefficient (Wildman–Crippen LogP) is 4.96. The van der Waals surface area contributed by atoms with Crippen LogP contribution < -0.4 is 5.73 Å². The maximum Gasteiger partial charge on any atom is 0.419 e. The first-order valence-corrected chi connectivity index (χ1v) is 6.88. The Morgan fingerprint density at radius 2 is 1.81 bits per heavy atom. The van der Waals surface area contributed by atoms with Crippen molar-refractivity contribution in [3.63, 3.8) is 0 Å². The van der Waals surface area contributed by atoms with Crippen molar-refractivity contribution in [1.29, 1.82) is 0 Å². The van der Waals surface area contributed by atoms with Crippen molar-refractivity contribution in [2.75, 3.05) is 0 Å². The lowest BCUT2D eigenvalue weighted by molar-refractivity contribution is -0.140. The predicted molar refractivity (Wildman–Crippen MR) is 76.3 cm³/mol. The molecule has 0 aliphatic heterocycles. The van der Waals surface area contributed by atoms with Gasteiger partial charge in [0.05, 0.1) is 11.6 Å². The van der Waals surface area contributed by atoms with Crippen molar-refractivity contribution in [3.8, 4) is 0 Å². The number of hydrogen-bond acceptors (Lipinski definition) is 1. The lowest BCUT2D eigenvalue weighted by Gasteiger charge is -2.18. The SMILES string of the molecule is Cc1c(Br)cccc1C(N)c1ccc(F)c(C(F)(F)F)c1. The van der Waals surface area contributed by atoms with Crippen LogP contribution in [0.4, 0.5) is 17.6 Å². The molecule has 0 saturated carbocycles. The number of halogens is 5. The molecule has 0 fully saturated rings. The Balaban J connectivity index is 2.49. The Morgan fingerprint density at radius 1 is 1.14 bits per heavy atom. The Bertz CT molecular complexity index is 667. The summed E-state index contributed by atoms with van der Waals surface area (Å²) in [6.07, 6.45) is -4.74. The summed E-state index contributed by atoms with van der Waals surface area (Å²) < 4.78 is 52.4. The van der Waals surface area contributed by atoms with Crippen LogP contribution in [0.2, 0.25) is 0 Å². The van der Waals surface area contributed by atoms with E-state index < -0.39 is 23.6 Å². The van der Waals surface area contributed by atoms with E-state index in [2.05, 4.69) is 15.9 Å². The molecular formula is C15H12BrF4N. The van der Waals surface area contributed by atoms with Crippen LogP contribution in [0.5, 0.6) is 0 Å². The van der Waals surface area contributed by atoms with Crippen molar-refractivity contribution in [2.45, 2.75) is 19.1 Å². The van der Waals surface area contributed by atoms with Crippen LogP contribution in [-0.2, 0) is 6.18 Å². The Labute approximate surface area is 127 Å². The van der Waals surface area contributed by atoms with Crippen molar-refractivity contribution >= 4 is 15.9 Å². The van der Waals surface area contributed by atoms with Crippen LogP contribution in [0.1, 0.15) is 28.3 Å². The summed E-state index contributed by atoms with van der Waals surface area (Å²) in [5.74, 6) is -1.30. The first-order chi connectivity index (χ1) is 9.71. The van der Waals surface area contributed by atoms with Crippen LogP contribution in [0.25, 0.3) is 0 Å². The zero-order valence-corrected chi connectivity index (χ0v) is 12.6. The molecule has 0 aliphatic carbocycles. The molecular weight excluding hydrogens is 350 g/mol. The van der Waals surface area contributed by atoms with Crippen molar-refractivity contribution in [3.05, 3.63) is 68.9 Å². The number of hydrogen-bond donors (Lipinski definition) is 1. The largest absolute Gasteiger partial charge is 0.419 e. The van der Waals surface area contributed by atoms with Crippen LogP contribution in [-0.4, -0.2) is 0 Å². The molecule has 1 atom stereocenters. The minimum atomic E-state index is -4.74. The molecule has 0 radical (unpaired) electrons. The van der Waals surface area contributed by atoms with E-state index in [1.54, 1.807) is 12.1 Å². The van der Waals surface area contributed by atoms with Gasteiger partial charge in [0.2, 0.25) is 0 Å². The zero-order chi connectivity index (χ0) is 15.8. The quantitative estimate of drug-likeness (QED) is 0.751. The molecule has 0 aliphatic rings. The second kappa shape index (κ2) is 5.77. The highest BCUT2D eigenvalue weighted by Crippen LogP contribution is 2.34. The highest BCUT2D eigenvalue weighted by atomic mass is 79.9. The molecule has 0 aromatic heterocycles. The number of alkyl halides is 3. The summed E-state index contributed by atoms with van der Waals surface area (Å²) >= 11 is 3.35. The molecule has 6 heteroatoms. The average molecular weight is 362 g/mol. The molecule has 2 aromatic carbocycles. The molecule has 1 nitrogen and oxygen atoms in total. The number of benzene rings is 2. The fraction of sp³-hybridized carbons (Fsp3) is 0.200. The van der Waals surface area contributed by atoms with E-state index in [-0.39, 0.29) is 5.56 Å². The van der Waals surface area contributed by atoms with Gasteiger partial charge < -0.3 is 5.73 Å². The second-order valence-electron chi connectivity index (χ2n) is 4.67. The standard InChI is InChI=1S/C15H12BrF4N/c1-8-10(3-2-4-12(8)16)14(21)9-5-6-13(17)11(7-9)15(18,19)20/h2-7,14H,21H2,1H3. The van der Waals surface area contributed by atoms with E-state index in [4.69, 9.17) is 5.73 Å². The molecule has 2 aromatic rings. The molecule has 1 unspecified atom stereocenters. The summed E-state index contributed by atoms with van der Waals surface area (Å²) in [4.78, 5) is 0. The summed E-state index contributed by atoms with van der Waals surface area (Å²) in [5.41, 5.74) is 6.47. The van der Waals surface area contributed by atoms with Gasteiger partial charge in [-0.15, -0.1) is 0 Å². The van der Waals surface area contributed by atoms with Crippen LogP contribution >= 0.6 is 15.9 Å². The molecule has 2 rings (SSSR count). The van der Waals surface area contributed by atoms with E-state index in [0.717, 1.165) is 22.2 Å². The van der Waals surface area contributed by atoms with E-state index in [1.165, 1.54) is 6.07 Å². The van der Waals surface area contributed by atoms with Gasteiger partial charge in [0, 0.05) is 4.47 Å². The minimum absolute atomic E-state index is 0.213. The lowest BCUT2D eigenvalue weighted by Crippen LogP contribution is -2.16. The van der Waals surface area contributed by atoms with Gasteiger partial charge in [0.25, 0.3) is 0 Å². The van der Waals surface area contributed by atoms with Gasteiger partial charge in [-0.1, -0.05) is 34.1 Å². The monoisotopic (exact) mass is 361 g/mol. The van der Waals surface area contributed by atoms with Gasteiger partial charge in [-0.3, -0.25) is 0 Å². The third-order valence-corrected chi connectivity index (χ3v) is 4.16. The summed E-state index contributed by atoms with van der Waals surface area (Å²) in [5, 5.41) is 0. The van der Waals surface area contributed by atoms with Crippen molar-refractivity contribution in [1.82, 2.24) is 0 Å². The van der Waals surface area contributed by atoms with Crippen molar-refractivity contribution < 1.29 is 17.6 Å². The average Bonchev–Trinajstić information content (AvgIpc) is 2.40. The molecule has 0 heterocycles. The third kappa shape index (κ3) is 3.27. The zero-order valence-electron chi connectivity index (χ0n) is 11.0. The number of nitrogens with two attached hydrogens (primary N) is 1. The van der Waals surface area contributed by atoms with Crippen LogP contribution in [0.3, 0.4) is 0 Å². The molecule has 112 valence electrons. The van der Waals surface area contributed by atoms with E-state index in [1.807, 2.05) is 13.0 Å². The Kier molecular flexibility index (Phi) is 4.39. The smallest absolute Gasteiger partial charge is 0.320 e. The minimum Gasteiger partial charge on any atom is -0.320 e. The molecule has 0 amide bonds. The van der Waals surface area contributed by atoms with Crippen LogP contribution in [0, 0.1) is 12.7 Å². The van der Waals surface area contributed by atoms with Gasteiger partial charge in [0.1, 0.15) is 5.82 Å². The maximum atomic E-state index is 13.3. The normalized spacial score (nSPS) is 13.3. The summed E-state index contributed by atoms with van der Waals surface area (Å²) in [6, 6.07) is 7.38. The van der Waals surface area contributed by atoms with Gasteiger partial charge in [-0.2, -0.15) is 13.2 Å². The van der Waals surface area contributed by atoms with Crippen LogP contribution in [0.15, 0.2) is 40.9 Å². The van der Waals surface area contributed by atoms with Gasteiger partial charge >= 0.3 is 6.18 Å². The molecule has 21 heavy (non-hydrogen) atoms. The summed E-state index contributed by atoms with van der Waals surface area (Å²) in [6.45, 7) is 1.81. The second-order valence-corrected chi connectivity index (χ2v) is 5.52. The first kappa shape index (κ1) is 16.0. The highest BCUT2D eigenvalue weighted by molar-refractivity contribution is 9.10. The van der Waals surface area contributed by atoms with Gasteiger partial charge in [0.15, 0.2) is 0 Å². The molecule has 0 bridgehead atoms.